The minimum absolute atomic E-state index is 0.0519. The molecule has 0 unspecified atom stereocenters. The Morgan fingerprint density at radius 1 is 1.28 bits per heavy atom. The molecule has 1 aromatic carbocycles. The van der Waals surface area contributed by atoms with E-state index in [-0.39, 0.29) is 30.4 Å². The number of benzene rings is 1. The van der Waals surface area contributed by atoms with Crippen LogP contribution in [0.25, 0.3) is 0 Å². The molecule has 3 fully saturated rings. The predicted octanol–water partition coefficient (Wildman–Crippen LogP) is 3.02. The van der Waals surface area contributed by atoms with Gasteiger partial charge in [0.15, 0.2) is 18.6 Å². The molecule has 3 aliphatic carbocycles. The molecular weight excluding hydrogens is 558 g/mol. The molecule has 43 heavy (non-hydrogen) atoms. The monoisotopic (exact) mass is 598 g/mol. The Bertz CT molecular complexity index is 1360. The molecule has 10 nitrogen and oxygen atoms in total. The first kappa shape index (κ1) is 31.2. The van der Waals surface area contributed by atoms with E-state index in [1.54, 1.807) is 18.2 Å². The fourth-order valence-corrected chi connectivity index (χ4v) is 8.33. The van der Waals surface area contributed by atoms with Gasteiger partial charge in [0.1, 0.15) is 11.9 Å². The van der Waals surface area contributed by atoms with Crippen molar-refractivity contribution in [1.29, 1.82) is 0 Å². The molecule has 9 atom stereocenters. The van der Waals surface area contributed by atoms with Gasteiger partial charge < -0.3 is 24.3 Å². The lowest BCUT2D eigenvalue weighted by Crippen LogP contribution is -2.63. The predicted molar refractivity (Wildman–Crippen MR) is 156 cm³/mol. The number of amides is 1. The third-order valence-electron chi connectivity index (χ3n) is 11.2. The number of hydrogen-bond donors (Lipinski definition) is 2. The molecule has 0 saturated heterocycles. The van der Waals surface area contributed by atoms with Crippen molar-refractivity contribution in [3.8, 4) is 5.75 Å². The SMILES string of the molecule is C=C[C@]1(C)C[C@@H](OC(=O)COc2ccc3c(c2)B(O)N(C(=O)OC)N=C3)[C@@]2(C)[C@@H]3C(=O)[C@@H](F)C[C@@]3(CC[C@@H]2C)[C@@H](C)[C@@H]1O. The summed E-state index contributed by atoms with van der Waals surface area (Å²) in [6, 6.07) is 4.72. The van der Waals surface area contributed by atoms with Crippen LogP contribution in [0.4, 0.5) is 9.18 Å². The number of aliphatic hydroxyl groups excluding tert-OH is 1. The maximum atomic E-state index is 15.3. The number of esters is 1. The van der Waals surface area contributed by atoms with Crippen LogP contribution in [-0.2, 0) is 19.1 Å². The molecule has 2 N–H and O–H groups in total. The van der Waals surface area contributed by atoms with Crippen molar-refractivity contribution in [2.75, 3.05) is 13.7 Å². The number of hydrogen-bond acceptors (Lipinski definition) is 9. The van der Waals surface area contributed by atoms with Crippen LogP contribution in [0.15, 0.2) is 36.0 Å². The highest BCUT2D eigenvalue weighted by Gasteiger charge is 2.70. The van der Waals surface area contributed by atoms with Gasteiger partial charge in [0.2, 0.25) is 0 Å². The van der Waals surface area contributed by atoms with E-state index < -0.39 is 72.0 Å². The summed E-state index contributed by atoms with van der Waals surface area (Å²) < 4.78 is 31.8. The van der Waals surface area contributed by atoms with Gasteiger partial charge in [0.05, 0.1) is 19.4 Å². The Morgan fingerprint density at radius 2 is 2.00 bits per heavy atom. The van der Waals surface area contributed by atoms with Crippen molar-refractivity contribution >= 4 is 36.6 Å². The Balaban J connectivity index is 1.41. The molecule has 232 valence electrons. The summed E-state index contributed by atoms with van der Waals surface area (Å²) in [5.74, 6) is -2.05. The highest BCUT2D eigenvalue weighted by atomic mass is 19.1. The number of hydrazone groups is 1. The average Bonchev–Trinajstić information content (AvgIpc) is 3.27. The summed E-state index contributed by atoms with van der Waals surface area (Å²) in [6.07, 6.45) is 0.441. The van der Waals surface area contributed by atoms with E-state index >= 15 is 4.39 Å². The fraction of sp³-hybridized carbons (Fsp3) is 0.613. The van der Waals surface area contributed by atoms with Crippen LogP contribution < -0.4 is 10.2 Å². The Kier molecular flexibility index (Phi) is 8.00. The number of methoxy groups -OCH3 is 1. The van der Waals surface area contributed by atoms with E-state index in [1.165, 1.54) is 19.4 Å². The summed E-state index contributed by atoms with van der Waals surface area (Å²) in [6.45, 7) is 11.2. The van der Waals surface area contributed by atoms with E-state index in [0.717, 1.165) is 4.92 Å². The van der Waals surface area contributed by atoms with Gasteiger partial charge in [-0.1, -0.05) is 39.8 Å². The molecule has 1 aromatic rings. The molecule has 12 heteroatoms. The first-order valence-electron chi connectivity index (χ1n) is 14.8. The Morgan fingerprint density at radius 3 is 2.67 bits per heavy atom. The minimum atomic E-state index is -1.63. The van der Waals surface area contributed by atoms with Gasteiger partial charge in [-0.15, -0.1) is 6.58 Å². The van der Waals surface area contributed by atoms with Crippen LogP contribution in [0.2, 0.25) is 0 Å². The van der Waals surface area contributed by atoms with Crippen molar-refractivity contribution in [2.45, 2.75) is 71.8 Å². The van der Waals surface area contributed by atoms with Crippen molar-refractivity contribution in [3.05, 3.63) is 36.4 Å². The lowest BCUT2D eigenvalue weighted by atomic mass is 9.44. The Labute approximate surface area is 251 Å². The van der Waals surface area contributed by atoms with Crippen molar-refractivity contribution < 1.29 is 43.1 Å². The van der Waals surface area contributed by atoms with E-state index in [4.69, 9.17) is 9.47 Å². The fourth-order valence-electron chi connectivity index (χ4n) is 8.33. The lowest BCUT2D eigenvalue weighted by Gasteiger charge is -2.61. The van der Waals surface area contributed by atoms with Crippen LogP contribution in [0.1, 0.15) is 58.9 Å². The molecule has 0 radical (unpaired) electrons. The Hall–Kier alpha value is -3.25. The summed E-state index contributed by atoms with van der Waals surface area (Å²) in [4.78, 5) is 39.6. The van der Waals surface area contributed by atoms with Gasteiger partial charge in [-0.3, -0.25) is 4.79 Å². The molecule has 5 rings (SSSR count). The van der Waals surface area contributed by atoms with Gasteiger partial charge >= 0.3 is 19.1 Å². The van der Waals surface area contributed by atoms with Gasteiger partial charge in [-0.2, -0.15) is 5.10 Å². The molecule has 2 bridgehead atoms. The minimum Gasteiger partial charge on any atom is -0.482 e. The third kappa shape index (κ3) is 4.77. The van der Waals surface area contributed by atoms with Gasteiger partial charge in [0.25, 0.3) is 0 Å². The van der Waals surface area contributed by atoms with Crippen LogP contribution in [0.3, 0.4) is 0 Å². The topological polar surface area (TPSA) is 135 Å². The van der Waals surface area contributed by atoms with Gasteiger partial charge in [0, 0.05) is 16.7 Å². The first-order chi connectivity index (χ1) is 20.2. The van der Waals surface area contributed by atoms with Crippen LogP contribution in [0.5, 0.6) is 5.75 Å². The largest absolute Gasteiger partial charge is 0.482 e. The maximum Gasteiger partial charge on any atom is 0.478 e. The van der Waals surface area contributed by atoms with Crippen LogP contribution in [0, 0.1) is 34.0 Å². The molecule has 1 amide bonds. The van der Waals surface area contributed by atoms with Crippen molar-refractivity contribution in [2.24, 2.45) is 39.1 Å². The molecule has 3 saturated carbocycles. The number of Topliss-reactive ketones (excluding diaryl/α,β-unsaturated/α-hetero) is 1. The number of halogens is 1. The molecule has 1 heterocycles. The highest BCUT2D eigenvalue weighted by Crippen LogP contribution is 2.68. The summed E-state index contributed by atoms with van der Waals surface area (Å²) >= 11 is 0. The molecule has 1 aliphatic heterocycles. The summed E-state index contributed by atoms with van der Waals surface area (Å²) in [5, 5.41) is 26.2. The average molecular weight is 598 g/mol. The second-order valence-electron chi connectivity index (χ2n) is 13.2. The second kappa shape index (κ2) is 11.0. The first-order valence-corrected chi connectivity index (χ1v) is 14.8. The zero-order chi connectivity index (χ0) is 31.5. The van der Waals surface area contributed by atoms with Gasteiger partial charge in [-0.05, 0) is 66.1 Å². The van der Waals surface area contributed by atoms with Crippen molar-refractivity contribution in [1.82, 2.24) is 4.92 Å². The number of fused-ring (bicyclic) bond motifs is 1. The zero-order valence-electron chi connectivity index (χ0n) is 25.3. The number of aliphatic hydroxyl groups is 1. The number of nitrogens with zero attached hydrogens (tertiary/aromatic N) is 2. The summed E-state index contributed by atoms with van der Waals surface area (Å²) in [5.41, 5.74) is -1.60. The lowest BCUT2D eigenvalue weighted by molar-refractivity contribution is -0.207. The maximum absolute atomic E-state index is 15.3. The van der Waals surface area contributed by atoms with E-state index in [2.05, 4.69) is 16.4 Å². The quantitative estimate of drug-likeness (QED) is 0.300. The number of alkyl halides is 1. The van der Waals surface area contributed by atoms with Crippen LogP contribution in [-0.4, -0.2) is 78.3 Å². The molecule has 0 spiro atoms. The van der Waals surface area contributed by atoms with E-state index in [0.29, 0.717) is 23.9 Å². The third-order valence-corrected chi connectivity index (χ3v) is 11.2. The smallest absolute Gasteiger partial charge is 0.478 e. The molecule has 4 aliphatic rings. The molecule has 0 aromatic heterocycles. The summed E-state index contributed by atoms with van der Waals surface area (Å²) in [7, 11) is -0.243. The van der Waals surface area contributed by atoms with Crippen molar-refractivity contribution in [3.63, 3.8) is 0 Å². The number of carbonyl (C=O) groups is 3. The molecular formula is C31H40BFN2O8. The second-order valence-corrected chi connectivity index (χ2v) is 13.2. The zero-order valence-corrected chi connectivity index (χ0v) is 25.3. The van der Waals surface area contributed by atoms with E-state index in [9.17, 15) is 24.5 Å². The number of carbonyl (C=O) groups excluding carboxylic acids is 3. The number of rotatable bonds is 5. The highest BCUT2D eigenvalue weighted by molar-refractivity contribution is 6.67. The number of ketones is 1. The normalized spacial score (nSPS) is 38.4. The number of ether oxygens (including phenoxy) is 3. The standard InChI is InChI=1S/C31H40BFN2O8/c1-7-29(4)14-23(30(5)17(2)10-11-31(18(3)27(29)38)13-22(33)25(37)26(30)31)43-24(36)16-42-20-9-8-19-15-34-35(28(39)41-6)32(40)21(19)12-20/h7-9,12,15,17-18,22-23,26-27,38,40H,1,10-11,13-14,16H2,2-6H3/t17-,18-,22-,23+,26-,27-,29+,30-,31-/m0/s1. The van der Waals surface area contributed by atoms with Crippen LogP contribution >= 0.6 is 0 Å². The van der Waals surface area contributed by atoms with Gasteiger partial charge in [-0.25, -0.2) is 18.9 Å². The van der Waals surface area contributed by atoms with E-state index in [1.807, 2.05) is 27.7 Å².